The molecule has 1 unspecified atom stereocenters. The first-order valence-electron chi connectivity index (χ1n) is 9.52. The van der Waals surface area contributed by atoms with Crippen molar-refractivity contribution in [2.45, 2.75) is 13.3 Å². The van der Waals surface area contributed by atoms with Gasteiger partial charge in [0.1, 0.15) is 5.75 Å². The van der Waals surface area contributed by atoms with E-state index in [-0.39, 0.29) is 24.8 Å². The number of para-hydroxylation sites is 1. The Kier molecular flexibility index (Phi) is 5.46. The van der Waals surface area contributed by atoms with Crippen molar-refractivity contribution in [3.8, 4) is 11.4 Å². The standard InChI is InChI=1S/C22H21ClN4O3/c1-14-12-27(17-6-4-3-5-7-17)25-21(14)24-22(29)15-10-20(28)26(13-15)18-11-16(23)8-9-19(18)30-2/h3-9,11-12,15H,10,13H2,1-2H3,(H,24,25,29). The molecule has 0 radical (unpaired) electrons. The number of carbonyl (C=O) groups is 2. The zero-order chi connectivity index (χ0) is 21.3. The van der Waals surface area contributed by atoms with Gasteiger partial charge in [0.2, 0.25) is 11.8 Å². The van der Waals surface area contributed by atoms with E-state index in [4.69, 9.17) is 16.3 Å². The lowest BCUT2D eigenvalue weighted by Crippen LogP contribution is -2.28. The molecule has 8 heteroatoms. The van der Waals surface area contributed by atoms with Gasteiger partial charge in [0.05, 0.1) is 24.4 Å². The lowest BCUT2D eigenvalue weighted by atomic mass is 10.1. The van der Waals surface area contributed by atoms with Crippen molar-refractivity contribution in [3.63, 3.8) is 0 Å². The minimum atomic E-state index is -0.498. The lowest BCUT2D eigenvalue weighted by molar-refractivity contribution is -0.122. The third-order valence-corrected chi connectivity index (χ3v) is 5.32. The molecule has 1 saturated heterocycles. The minimum Gasteiger partial charge on any atom is -0.495 e. The Morgan fingerprint density at radius 3 is 2.73 bits per heavy atom. The Morgan fingerprint density at radius 1 is 1.23 bits per heavy atom. The number of hydrogen-bond acceptors (Lipinski definition) is 4. The van der Waals surface area contributed by atoms with Crippen LogP contribution in [0.4, 0.5) is 11.5 Å². The highest BCUT2D eigenvalue weighted by molar-refractivity contribution is 6.31. The van der Waals surface area contributed by atoms with Gasteiger partial charge in [0.15, 0.2) is 5.82 Å². The fourth-order valence-electron chi connectivity index (χ4n) is 3.51. The average Bonchev–Trinajstić information content (AvgIpc) is 3.31. The largest absolute Gasteiger partial charge is 0.495 e. The summed E-state index contributed by atoms with van der Waals surface area (Å²) in [5.41, 5.74) is 2.30. The molecule has 1 aromatic heterocycles. The number of benzene rings is 2. The number of carbonyl (C=O) groups excluding carboxylic acids is 2. The average molecular weight is 425 g/mol. The first kappa shape index (κ1) is 20.0. The molecule has 1 aliphatic rings. The van der Waals surface area contributed by atoms with Crippen LogP contribution in [0.2, 0.25) is 5.02 Å². The van der Waals surface area contributed by atoms with Crippen LogP contribution in [0.25, 0.3) is 5.69 Å². The molecule has 30 heavy (non-hydrogen) atoms. The van der Waals surface area contributed by atoms with E-state index < -0.39 is 5.92 Å². The molecule has 1 aliphatic heterocycles. The summed E-state index contributed by atoms with van der Waals surface area (Å²) in [6.45, 7) is 2.13. The zero-order valence-electron chi connectivity index (χ0n) is 16.6. The van der Waals surface area contributed by atoms with Gasteiger partial charge in [-0.1, -0.05) is 29.8 Å². The van der Waals surface area contributed by atoms with E-state index >= 15 is 0 Å². The Bertz CT molecular complexity index is 1100. The molecule has 1 atom stereocenters. The zero-order valence-corrected chi connectivity index (χ0v) is 17.4. The van der Waals surface area contributed by atoms with Crippen LogP contribution >= 0.6 is 11.6 Å². The van der Waals surface area contributed by atoms with Crippen LogP contribution in [0.5, 0.6) is 5.75 Å². The molecule has 4 rings (SSSR count). The summed E-state index contributed by atoms with van der Waals surface area (Å²) >= 11 is 6.09. The topological polar surface area (TPSA) is 76.5 Å². The van der Waals surface area contributed by atoms with Crippen LogP contribution in [0.15, 0.2) is 54.7 Å². The number of amides is 2. The number of nitrogens with one attached hydrogen (secondary N) is 1. The smallest absolute Gasteiger partial charge is 0.231 e. The number of hydrogen-bond donors (Lipinski definition) is 1. The maximum absolute atomic E-state index is 12.9. The summed E-state index contributed by atoms with van der Waals surface area (Å²) < 4.78 is 7.06. The SMILES string of the molecule is COc1ccc(Cl)cc1N1CC(C(=O)Nc2nn(-c3ccccc3)cc2C)CC1=O. The number of anilines is 2. The van der Waals surface area contributed by atoms with Gasteiger partial charge in [-0.05, 0) is 37.3 Å². The number of methoxy groups -OCH3 is 1. The quantitative estimate of drug-likeness (QED) is 0.675. The second kappa shape index (κ2) is 8.20. The first-order valence-corrected chi connectivity index (χ1v) is 9.90. The van der Waals surface area contributed by atoms with E-state index in [0.717, 1.165) is 11.3 Å². The molecule has 2 heterocycles. The van der Waals surface area contributed by atoms with Gasteiger partial charge in [0.25, 0.3) is 0 Å². The summed E-state index contributed by atoms with van der Waals surface area (Å²) in [5.74, 6) is 0.124. The molecule has 0 aliphatic carbocycles. The number of aromatic nitrogens is 2. The Hall–Kier alpha value is -3.32. The van der Waals surface area contributed by atoms with E-state index in [1.54, 1.807) is 27.8 Å². The number of aryl methyl sites for hydroxylation is 1. The molecular formula is C22H21ClN4O3. The van der Waals surface area contributed by atoms with Gasteiger partial charge in [0, 0.05) is 29.7 Å². The Balaban J connectivity index is 1.50. The number of halogens is 1. The fraction of sp³-hybridized carbons (Fsp3) is 0.227. The molecular weight excluding hydrogens is 404 g/mol. The van der Waals surface area contributed by atoms with Crippen molar-refractivity contribution >= 4 is 34.9 Å². The molecule has 3 aromatic rings. The van der Waals surface area contributed by atoms with E-state index in [2.05, 4.69) is 10.4 Å². The molecule has 0 saturated carbocycles. The fourth-order valence-corrected chi connectivity index (χ4v) is 3.67. The van der Waals surface area contributed by atoms with Crippen LogP contribution < -0.4 is 15.0 Å². The summed E-state index contributed by atoms with van der Waals surface area (Å²) in [5, 5.41) is 7.84. The number of ether oxygens (including phenoxy) is 1. The predicted octanol–water partition coefficient (Wildman–Crippen LogP) is 3.83. The first-order chi connectivity index (χ1) is 14.5. The second-order valence-corrected chi connectivity index (χ2v) is 7.59. The van der Waals surface area contributed by atoms with Crippen molar-refractivity contribution < 1.29 is 14.3 Å². The highest BCUT2D eigenvalue weighted by Crippen LogP contribution is 2.35. The molecule has 7 nitrogen and oxygen atoms in total. The lowest BCUT2D eigenvalue weighted by Gasteiger charge is -2.19. The molecule has 0 spiro atoms. The number of nitrogens with zero attached hydrogens (tertiary/aromatic N) is 3. The summed E-state index contributed by atoms with van der Waals surface area (Å²) in [7, 11) is 1.53. The summed E-state index contributed by atoms with van der Waals surface area (Å²) in [6, 6.07) is 14.7. The van der Waals surface area contributed by atoms with E-state index in [1.807, 2.05) is 43.5 Å². The van der Waals surface area contributed by atoms with Gasteiger partial charge in [-0.15, -0.1) is 5.10 Å². The van der Waals surface area contributed by atoms with Gasteiger partial charge >= 0.3 is 0 Å². The van der Waals surface area contributed by atoms with Crippen molar-refractivity contribution in [1.29, 1.82) is 0 Å². The maximum Gasteiger partial charge on any atom is 0.231 e. The molecule has 1 fully saturated rings. The summed E-state index contributed by atoms with van der Waals surface area (Å²) in [4.78, 5) is 27.0. The highest BCUT2D eigenvalue weighted by atomic mass is 35.5. The van der Waals surface area contributed by atoms with E-state index in [1.165, 1.54) is 7.11 Å². The normalized spacial score (nSPS) is 16.0. The maximum atomic E-state index is 12.9. The second-order valence-electron chi connectivity index (χ2n) is 7.15. The Morgan fingerprint density at radius 2 is 2.00 bits per heavy atom. The third kappa shape index (κ3) is 3.89. The van der Waals surface area contributed by atoms with E-state index in [9.17, 15) is 9.59 Å². The van der Waals surface area contributed by atoms with Crippen LogP contribution in [0.1, 0.15) is 12.0 Å². The van der Waals surface area contributed by atoms with Gasteiger partial charge < -0.3 is 15.0 Å². The van der Waals surface area contributed by atoms with Crippen LogP contribution in [-0.4, -0.2) is 35.2 Å². The van der Waals surface area contributed by atoms with Gasteiger partial charge in [-0.2, -0.15) is 0 Å². The monoisotopic (exact) mass is 424 g/mol. The van der Waals surface area contributed by atoms with Gasteiger partial charge in [-0.3, -0.25) is 9.59 Å². The van der Waals surface area contributed by atoms with Crippen molar-refractivity contribution in [2.75, 3.05) is 23.9 Å². The van der Waals surface area contributed by atoms with Crippen LogP contribution in [0.3, 0.4) is 0 Å². The minimum absolute atomic E-state index is 0.111. The van der Waals surface area contributed by atoms with Crippen LogP contribution in [-0.2, 0) is 9.59 Å². The molecule has 2 aromatic carbocycles. The van der Waals surface area contributed by atoms with Crippen molar-refractivity contribution in [1.82, 2.24) is 9.78 Å². The van der Waals surface area contributed by atoms with E-state index in [0.29, 0.717) is 22.3 Å². The molecule has 1 N–H and O–H groups in total. The highest BCUT2D eigenvalue weighted by Gasteiger charge is 2.36. The van der Waals surface area contributed by atoms with Gasteiger partial charge in [-0.25, -0.2) is 4.68 Å². The molecule has 154 valence electrons. The molecule has 2 amide bonds. The predicted molar refractivity (Wildman–Crippen MR) is 115 cm³/mol. The number of rotatable bonds is 5. The summed E-state index contributed by atoms with van der Waals surface area (Å²) in [6.07, 6.45) is 1.97. The molecule has 0 bridgehead atoms. The van der Waals surface area contributed by atoms with Crippen molar-refractivity contribution in [2.24, 2.45) is 5.92 Å². The third-order valence-electron chi connectivity index (χ3n) is 5.09. The Labute approximate surface area is 179 Å². The van der Waals surface area contributed by atoms with Crippen molar-refractivity contribution in [3.05, 3.63) is 65.3 Å². The van der Waals surface area contributed by atoms with Crippen LogP contribution in [0, 0.1) is 12.8 Å².